The molecule has 0 bridgehead atoms. The number of nitrogens with zero attached hydrogens (tertiary/aromatic N) is 3. The van der Waals surface area contributed by atoms with Crippen LogP contribution in [0.25, 0.3) is 0 Å². The maximum absolute atomic E-state index is 11.9. The van der Waals surface area contributed by atoms with E-state index in [1.807, 2.05) is 4.90 Å². The predicted octanol–water partition coefficient (Wildman–Crippen LogP) is 0.216. The molecule has 1 atom stereocenters. The van der Waals surface area contributed by atoms with Crippen molar-refractivity contribution in [3.63, 3.8) is 0 Å². The van der Waals surface area contributed by atoms with Gasteiger partial charge in [0.1, 0.15) is 16.7 Å². The lowest BCUT2D eigenvalue weighted by Crippen LogP contribution is -2.49. The second-order valence-electron chi connectivity index (χ2n) is 4.43. The quantitative estimate of drug-likeness (QED) is 0.770. The van der Waals surface area contributed by atoms with E-state index in [1.165, 1.54) is 0 Å². The van der Waals surface area contributed by atoms with Crippen LogP contribution < -0.4 is 16.0 Å². The monoisotopic (exact) mass is 279 g/mol. The van der Waals surface area contributed by atoms with E-state index in [4.69, 9.17) is 18.0 Å². The minimum Gasteiger partial charge on any atom is -0.388 e. The van der Waals surface area contributed by atoms with Crippen molar-refractivity contribution in [2.75, 3.05) is 18.5 Å². The van der Waals surface area contributed by atoms with Crippen LogP contribution in [-0.2, 0) is 4.79 Å². The summed E-state index contributed by atoms with van der Waals surface area (Å²) in [6, 6.07) is 1.45. The van der Waals surface area contributed by atoms with Crippen LogP contribution in [0.4, 0.5) is 5.95 Å². The zero-order valence-electron chi connectivity index (χ0n) is 10.8. The molecule has 1 aromatic rings. The van der Waals surface area contributed by atoms with E-state index in [1.54, 1.807) is 19.3 Å². The summed E-state index contributed by atoms with van der Waals surface area (Å²) in [5, 5.41) is 2.69. The molecular weight excluding hydrogens is 262 g/mol. The normalized spacial score (nSPS) is 19.0. The fraction of sp³-hybridized carbons (Fsp3) is 0.500. The molecule has 102 valence electrons. The van der Waals surface area contributed by atoms with Crippen LogP contribution in [-0.4, -0.2) is 40.5 Å². The van der Waals surface area contributed by atoms with Gasteiger partial charge in [0.15, 0.2) is 0 Å². The molecule has 7 heteroatoms. The van der Waals surface area contributed by atoms with Gasteiger partial charge in [-0.1, -0.05) is 12.2 Å². The molecule has 0 radical (unpaired) electrons. The molecule has 19 heavy (non-hydrogen) atoms. The lowest BCUT2D eigenvalue weighted by Gasteiger charge is -2.34. The number of amides is 1. The van der Waals surface area contributed by atoms with Gasteiger partial charge in [-0.3, -0.25) is 4.79 Å². The lowest BCUT2D eigenvalue weighted by molar-refractivity contribution is -0.122. The molecule has 0 spiro atoms. The first kappa shape index (κ1) is 13.7. The lowest BCUT2D eigenvalue weighted by atomic mass is 10.0. The van der Waals surface area contributed by atoms with Crippen LogP contribution in [0.3, 0.4) is 0 Å². The van der Waals surface area contributed by atoms with Crippen molar-refractivity contribution >= 4 is 29.1 Å². The van der Waals surface area contributed by atoms with Crippen molar-refractivity contribution in [3.05, 3.63) is 18.0 Å². The van der Waals surface area contributed by atoms with Gasteiger partial charge in [-0.15, -0.1) is 0 Å². The SMILES string of the molecule is CNC(=O)C1CCCCN1c1nccc(C(N)=S)n1. The Hall–Kier alpha value is -1.76. The number of thiocarbonyl (C=S) groups is 1. The topological polar surface area (TPSA) is 84.1 Å². The van der Waals surface area contributed by atoms with Crippen molar-refractivity contribution in [3.8, 4) is 0 Å². The second-order valence-corrected chi connectivity index (χ2v) is 4.87. The van der Waals surface area contributed by atoms with Crippen LogP contribution >= 0.6 is 12.2 Å². The number of anilines is 1. The van der Waals surface area contributed by atoms with E-state index in [-0.39, 0.29) is 16.9 Å². The van der Waals surface area contributed by atoms with E-state index in [0.29, 0.717) is 11.6 Å². The predicted molar refractivity (Wildman–Crippen MR) is 77.0 cm³/mol. The van der Waals surface area contributed by atoms with E-state index in [2.05, 4.69) is 15.3 Å². The van der Waals surface area contributed by atoms with Crippen molar-refractivity contribution in [2.24, 2.45) is 5.73 Å². The average molecular weight is 279 g/mol. The first-order valence-electron chi connectivity index (χ1n) is 6.24. The van der Waals surface area contributed by atoms with E-state index < -0.39 is 0 Å². The molecule has 1 fully saturated rings. The summed E-state index contributed by atoms with van der Waals surface area (Å²) in [5.74, 6) is 0.502. The summed E-state index contributed by atoms with van der Waals surface area (Å²) in [4.78, 5) is 22.6. The molecule has 2 rings (SSSR count). The molecule has 1 saturated heterocycles. The van der Waals surface area contributed by atoms with Gasteiger partial charge in [0, 0.05) is 19.8 Å². The largest absolute Gasteiger partial charge is 0.388 e. The van der Waals surface area contributed by atoms with Crippen molar-refractivity contribution < 1.29 is 4.79 Å². The van der Waals surface area contributed by atoms with Crippen molar-refractivity contribution in [1.29, 1.82) is 0 Å². The first-order chi connectivity index (χ1) is 9.13. The molecule has 1 unspecified atom stereocenters. The highest BCUT2D eigenvalue weighted by atomic mass is 32.1. The van der Waals surface area contributed by atoms with Crippen LogP contribution in [0, 0.1) is 0 Å². The second kappa shape index (κ2) is 5.92. The average Bonchev–Trinajstić information content (AvgIpc) is 2.46. The molecule has 1 aromatic heterocycles. The summed E-state index contributed by atoms with van der Waals surface area (Å²) in [6.45, 7) is 0.763. The zero-order valence-corrected chi connectivity index (χ0v) is 11.6. The molecule has 0 saturated carbocycles. The zero-order chi connectivity index (χ0) is 13.8. The van der Waals surface area contributed by atoms with Crippen LogP contribution in [0.1, 0.15) is 25.0 Å². The van der Waals surface area contributed by atoms with Crippen LogP contribution in [0.15, 0.2) is 12.3 Å². The molecular formula is C12H17N5OS. The van der Waals surface area contributed by atoms with Gasteiger partial charge in [-0.25, -0.2) is 9.97 Å². The summed E-state index contributed by atoms with van der Waals surface area (Å²) < 4.78 is 0. The van der Waals surface area contributed by atoms with Crippen LogP contribution in [0.2, 0.25) is 0 Å². The number of aromatic nitrogens is 2. The van der Waals surface area contributed by atoms with Gasteiger partial charge in [-0.05, 0) is 25.3 Å². The highest BCUT2D eigenvalue weighted by molar-refractivity contribution is 7.80. The fourth-order valence-corrected chi connectivity index (χ4v) is 2.35. The number of carbonyl (C=O) groups excluding carboxylic acids is 1. The molecule has 3 N–H and O–H groups in total. The first-order valence-corrected chi connectivity index (χ1v) is 6.65. The number of hydrogen-bond donors (Lipinski definition) is 2. The third-order valence-electron chi connectivity index (χ3n) is 3.20. The summed E-state index contributed by atoms with van der Waals surface area (Å²) in [5.41, 5.74) is 6.11. The number of likely N-dealkylation sites (N-methyl/N-ethyl adjacent to an activating group) is 1. The molecule has 0 aromatic carbocycles. The number of rotatable bonds is 3. The fourth-order valence-electron chi connectivity index (χ4n) is 2.23. The standard InChI is InChI=1S/C12H17N5OS/c1-14-11(18)9-4-2-3-7-17(9)12-15-6-5-8(16-12)10(13)19/h5-6,9H,2-4,7H2,1H3,(H2,13,19)(H,14,18). The highest BCUT2D eigenvalue weighted by Gasteiger charge is 2.29. The Morgan fingerprint density at radius 1 is 1.58 bits per heavy atom. The number of nitrogens with one attached hydrogen (secondary N) is 1. The Balaban J connectivity index is 2.29. The number of hydrogen-bond acceptors (Lipinski definition) is 5. The number of piperidine rings is 1. The Bertz CT molecular complexity index is 493. The van der Waals surface area contributed by atoms with Gasteiger partial charge >= 0.3 is 0 Å². The molecule has 1 amide bonds. The molecule has 1 aliphatic heterocycles. The number of carbonyl (C=O) groups is 1. The third-order valence-corrected chi connectivity index (χ3v) is 3.41. The highest BCUT2D eigenvalue weighted by Crippen LogP contribution is 2.21. The minimum absolute atomic E-state index is 0.0102. The summed E-state index contributed by atoms with van der Waals surface area (Å²) in [7, 11) is 1.64. The number of nitrogens with two attached hydrogens (primary N) is 1. The Labute approximate surface area is 117 Å². The Kier molecular flexibility index (Phi) is 4.26. The van der Waals surface area contributed by atoms with E-state index in [0.717, 1.165) is 25.8 Å². The molecule has 2 heterocycles. The van der Waals surface area contributed by atoms with Gasteiger partial charge in [-0.2, -0.15) is 0 Å². The Morgan fingerprint density at radius 3 is 3.05 bits per heavy atom. The van der Waals surface area contributed by atoms with Crippen molar-refractivity contribution in [2.45, 2.75) is 25.3 Å². The van der Waals surface area contributed by atoms with E-state index in [9.17, 15) is 4.79 Å². The van der Waals surface area contributed by atoms with E-state index >= 15 is 0 Å². The van der Waals surface area contributed by atoms with Gasteiger partial charge in [0.2, 0.25) is 11.9 Å². The summed E-state index contributed by atoms with van der Waals surface area (Å²) >= 11 is 4.92. The third kappa shape index (κ3) is 2.98. The van der Waals surface area contributed by atoms with Gasteiger partial charge in [0.25, 0.3) is 0 Å². The van der Waals surface area contributed by atoms with Gasteiger partial charge in [0.05, 0.1) is 0 Å². The van der Waals surface area contributed by atoms with Crippen LogP contribution in [0.5, 0.6) is 0 Å². The maximum atomic E-state index is 11.9. The molecule has 0 aliphatic carbocycles. The Morgan fingerprint density at radius 2 is 2.37 bits per heavy atom. The summed E-state index contributed by atoms with van der Waals surface area (Å²) in [6.07, 6.45) is 4.48. The van der Waals surface area contributed by atoms with Crippen molar-refractivity contribution in [1.82, 2.24) is 15.3 Å². The smallest absolute Gasteiger partial charge is 0.242 e. The van der Waals surface area contributed by atoms with Gasteiger partial charge < -0.3 is 16.0 Å². The molecule has 6 nitrogen and oxygen atoms in total. The molecule has 1 aliphatic rings. The minimum atomic E-state index is -0.222. The maximum Gasteiger partial charge on any atom is 0.242 e.